The number of aromatic hydroxyl groups is 2. The number of methoxy groups -OCH3 is 2. The summed E-state index contributed by atoms with van der Waals surface area (Å²) >= 11 is 0. The maximum atomic E-state index is 12.5. The zero-order valence-corrected chi connectivity index (χ0v) is 23.0. The van der Waals surface area contributed by atoms with Crippen molar-refractivity contribution >= 4 is 30.1 Å². The van der Waals surface area contributed by atoms with Crippen LogP contribution >= 0.6 is 0 Å². The molecule has 5 N–H and O–H groups in total. The van der Waals surface area contributed by atoms with Crippen molar-refractivity contribution in [1.29, 1.82) is 0 Å². The molecule has 0 spiro atoms. The van der Waals surface area contributed by atoms with Crippen LogP contribution in [-0.4, -0.2) is 81.6 Å². The Bertz CT molecular complexity index is 1280. The van der Waals surface area contributed by atoms with Gasteiger partial charge in [-0.25, -0.2) is 14.4 Å². The maximum Gasteiger partial charge on any atom is 0.335 e. The monoisotopic (exact) mass is 574 g/mol. The summed E-state index contributed by atoms with van der Waals surface area (Å²) in [6.45, 7) is 4.00. The average Bonchev–Trinajstić information content (AvgIpc) is 2.95. The van der Waals surface area contributed by atoms with Crippen molar-refractivity contribution in [2.24, 2.45) is 0 Å². The minimum Gasteiger partial charge on any atom is -0.504 e. The molecule has 0 bridgehead atoms. The molecule has 3 unspecified atom stereocenters. The Kier molecular flexibility index (Phi) is 11.7. The van der Waals surface area contributed by atoms with E-state index in [0.717, 1.165) is 12.2 Å². The van der Waals surface area contributed by atoms with E-state index in [2.05, 4.69) is 0 Å². The Balaban J connectivity index is 0.00000287. The summed E-state index contributed by atoms with van der Waals surface area (Å²) in [5.41, 5.74) is -1.49. The van der Waals surface area contributed by atoms with Crippen LogP contribution in [0.1, 0.15) is 37.8 Å². The number of carbonyl (C=O) groups excluding carboxylic acids is 2. The number of carboxylic acid groups (broad SMARTS) is 1. The van der Waals surface area contributed by atoms with Crippen molar-refractivity contribution in [2.45, 2.75) is 50.6 Å². The Labute approximate surface area is 236 Å². The molecule has 12 nitrogen and oxygen atoms in total. The van der Waals surface area contributed by atoms with Gasteiger partial charge in [-0.3, -0.25) is 0 Å². The predicted molar refractivity (Wildman–Crippen MR) is 146 cm³/mol. The first-order chi connectivity index (χ1) is 19.4. The molecule has 12 heteroatoms. The van der Waals surface area contributed by atoms with E-state index in [1.165, 1.54) is 62.8 Å². The molecule has 0 heterocycles. The van der Waals surface area contributed by atoms with E-state index in [0.29, 0.717) is 11.1 Å². The lowest BCUT2D eigenvalue weighted by atomic mass is 9.79. The number of hydrogen-bond acceptors (Lipinski definition) is 11. The van der Waals surface area contributed by atoms with Crippen molar-refractivity contribution in [3.63, 3.8) is 0 Å². The Morgan fingerprint density at radius 3 is 1.73 bits per heavy atom. The average molecular weight is 575 g/mol. The van der Waals surface area contributed by atoms with Gasteiger partial charge in [0, 0.05) is 25.0 Å². The van der Waals surface area contributed by atoms with E-state index in [9.17, 15) is 39.9 Å². The van der Waals surface area contributed by atoms with Gasteiger partial charge >= 0.3 is 17.9 Å². The quantitative estimate of drug-likeness (QED) is 0.218. The van der Waals surface area contributed by atoms with Gasteiger partial charge in [-0.15, -0.1) is 0 Å². The van der Waals surface area contributed by atoms with Gasteiger partial charge in [-0.1, -0.05) is 26.0 Å². The summed E-state index contributed by atoms with van der Waals surface area (Å²) in [5.74, 6) is -3.42. The van der Waals surface area contributed by atoms with Gasteiger partial charge in [0.05, 0.1) is 20.3 Å². The lowest BCUT2D eigenvalue weighted by molar-refractivity contribution is -0.204. The van der Waals surface area contributed by atoms with E-state index in [1.54, 1.807) is 0 Å². The van der Waals surface area contributed by atoms with E-state index < -0.39 is 54.7 Å². The normalized spacial score (nSPS) is 22.0. The number of aliphatic carboxylic acids is 1. The minimum atomic E-state index is -2.43. The molecular weight excluding hydrogens is 540 g/mol. The summed E-state index contributed by atoms with van der Waals surface area (Å²) in [5, 5.41) is 49.8. The fraction of sp³-hybridized carbons (Fsp3) is 0.345. The van der Waals surface area contributed by atoms with Gasteiger partial charge < -0.3 is 44.5 Å². The first-order valence-corrected chi connectivity index (χ1v) is 12.6. The second kappa shape index (κ2) is 14.7. The zero-order chi connectivity index (χ0) is 30.7. The highest BCUT2D eigenvalue weighted by Gasteiger charge is 2.52. The van der Waals surface area contributed by atoms with Crippen LogP contribution in [0.5, 0.6) is 23.0 Å². The number of phenols is 2. The van der Waals surface area contributed by atoms with Crippen LogP contribution < -0.4 is 9.47 Å². The molecule has 3 rings (SSSR count). The molecule has 41 heavy (non-hydrogen) atoms. The Morgan fingerprint density at radius 2 is 1.29 bits per heavy atom. The van der Waals surface area contributed by atoms with Crippen LogP contribution in [0.15, 0.2) is 48.6 Å². The molecule has 4 atom stereocenters. The first-order valence-electron chi connectivity index (χ1n) is 12.6. The number of hydrogen-bond donors (Lipinski definition) is 5. The summed E-state index contributed by atoms with van der Waals surface area (Å²) in [4.78, 5) is 36.7. The van der Waals surface area contributed by atoms with E-state index in [1.807, 2.05) is 13.8 Å². The molecule has 0 aliphatic heterocycles. The van der Waals surface area contributed by atoms with Crippen LogP contribution in [0.2, 0.25) is 0 Å². The maximum absolute atomic E-state index is 12.5. The molecule has 0 amide bonds. The molecule has 1 aliphatic carbocycles. The van der Waals surface area contributed by atoms with Crippen molar-refractivity contribution < 1.29 is 58.9 Å². The van der Waals surface area contributed by atoms with Gasteiger partial charge in [0.15, 0.2) is 34.7 Å². The third kappa shape index (κ3) is 8.72. The predicted octanol–water partition coefficient (Wildman–Crippen LogP) is 2.66. The Morgan fingerprint density at radius 1 is 0.829 bits per heavy atom. The molecule has 1 saturated carbocycles. The SMILES string of the molecule is CC.COc1cc(/C=C/C(=O)OC2C(O)CC(O)(C(=O)O)C[C@@H]2OC(=O)/C=C/c2ccc(O)c(OC)c2)ccc1O. The highest BCUT2D eigenvalue weighted by Crippen LogP contribution is 2.34. The summed E-state index contributed by atoms with van der Waals surface area (Å²) < 4.78 is 20.6. The summed E-state index contributed by atoms with van der Waals surface area (Å²) in [6.07, 6.45) is -1.27. The summed E-state index contributed by atoms with van der Waals surface area (Å²) in [7, 11) is 2.71. The number of esters is 2. The molecule has 2 aromatic carbocycles. The van der Waals surface area contributed by atoms with Gasteiger partial charge in [0.2, 0.25) is 0 Å². The van der Waals surface area contributed by atoms with Crippen LogP contribution in [0, 0.1) is 0 Å². The zero-order valence-electron chi connectivity index (χ0n) is 23.0. The second-order valence-corrected chi connectivity index (χ2v) is 8.72. The van der Waals surface area contributed by atoms with Crippen molar-refractivity contribution in [1.82, 2.24) is 0 Å². The summed E-state index contributed by atoms with van der Waals surface area (Å²) in [6, 6.07) is 8.63. The van der Waals surface area contributed by atoms with Crippen LogP contribution in [0.3, 0.4) is 0 Å². The van der Waals surface area contributed by atoms with Gasteiger partial charge in [0.25, 0.3) is 0 Å². The van der Waals surface area contributed by atoms with Crippen molar-refractivity contribution in [2.75, 3.05) is 14.2 Å². The van der Waals surface area contributed by atoms with E-state index >= 15 is 0 Å². The first kappa shape index (κ1) is 32.7. The van der Waals surface area contributed by atoms with Crippen LogP contribution in [0.4, 0.5) is 0 Å². The molecule has 1 aliphatic rings. The largest absolute Gasteiger partial charge is 0.504 e. The van der Waals surface area contributed by atoms with Gasteiger partial charge in [0.1, 0.15) is 6.10 Å². The smallest absolute Gasteiger partial charge is 0.335 e. The number of aliphatic hydroxyl groups excluding tert-OH is 1. The fourth-order valence-electron chi connectivity index (χ4n) is 3.97. The van der Waals surface area contributed by atoms with Gasteiger partial charge in [-0.2, -0.15) is 0 Å². The van der Waals surface area contributed by atoms with Crippen LogP contribution in [0.25, 0.3) is 12.2 Å². The lowest BCUT2D eigenvalue weighted by Crippen LogP contribution is -2.58. The number of ether oxygens (including phenoxy) is 4. The Hall–Kier alpha value is -4.55. The second-order valence-electron chi connectivity index (χ2n) is 8.72. The number of carboxylic acids is 1. The van der Waals surface area contributed by atoms with Crippen molar-refractivity contribution in [3.05, 3.63) is 59.7 Å². The fourth-order valence-corrected chi connectivity index (χ4v) is 3.97. The topological polar surface area (TPSA) is 189 Å². The molecule has 2 aromatic rings. The van der Waals surface area contributed by atoms with E-state index in [-0.39, 0.29) is 23.0 Å². The third-order valence-corrected chi connectivity index (χ3v) is 5.98. The molecule has 0 radical (unpaired) electrons. The van der Waals surface area contributed by atoms with Crippen LogP contribution in [-0.2, 0) is 23.9 Å². The lowest BCUT2D eigenvalue weighted by Gasteiger charge is -2.40. The molecule has 1 fully saturated rings. The highest BCUT2D eigenvalue weighted by molar-refractivity contribution is 5.88. The number of rotatable bonds is 9. The standard InChI is InChI=1S/C27H28O12.C2H6/c1-36-20-11-15(3-7-17(20)28)5-9-23(31)38-22-14-27(35,26(33)34)13-19(30)25(22)39-24(32)10-6-16-4-8-18(29)21(12-16)37-2;1-2/h3-12,19,22,25,28-30,35H,13-14H2,1-2H3,(H,33,34);1-2H3/b9-5+,10-6+;/t19?,22-,25?,27?;/m0./s1. The molecule has 222 valence electrons. The van der Waals surface area contributed by atoms with Gasteiger partial charge in [-0.05, 0) is 47.5 Å². The third-order valence-electron chi connectivity index (χ3n) is 5.98. The number of phenolic OH excluding ortho intramolecular Hbond substituents is 2. The molecule has 0 aromatic heterocycles. The molecular formula is C29H34O12. The number of aliphatic hydroxyl groups is 2. The number of carbonyl (C=O) groups is 3. The number of benzene rings is 2. The minimum absolute atomic E-state index is 0.100. The highest BCUT2D eigenvalue weighted by atomic mass is 16.6. The van der Waals surface area contributed by atoms with Crippen molar-refractivity contribution in [3.8, 4) is 23.0 Å². The molecule has 0 saturated heterocycles. The van der Waals surface area contributed by atoms with E-state index in [4.69, 9.17) is 18.9 Å².